The van der Waals surface area contributed by atoms with E-state index in [9.17, 15) is 4.79 Å². The molecule has 2 unspecified atom stereocenters. The Kier molecular flexibility index (Phi) is 4.61. The van der Waals surface area contributed by atoms with E-state index < -0.39 is 0 Å². The molecule has 0 spiro atoms. The van der Waals surface area contributed by atoms with Gasteiger partial charge in [0.15, 0.2) is 0 Å². The van der Waals surface area contributed by atoms with Crippen LogP contribution in [0.25, 0.3) is 0 Å². The van der Waals surface area contributed by atoms with Crippen molar-refractivity contribution in [2.24, 2.45) is 17.3 Å². The van der Waals surface area contributed by atoms with Gasteiger partial charge in [-0.25, -0.2) is 0 Å². The van der Waals surface area contributed by atoms with Crippen molar-refractivity contribution in [2.75, 3.05) is 0 Å². The van der Waals surface area contributed by atoms with Gasteiger partial charge in [-0.3, -0.25) is 4.79 Å². The molecule has 1 saturated carbocycles. The molecule has 0 aromatic rings. The predicted octanol–water partition coefficient (Wildman–Crippen LogP) is 4.55. The molecule has 0 aliphatic heterocycles. The summed E-state index contributed by atoms with van der Waals surface area (Å²) in [5, 5.41) is -0.135. The minimum Gasteiger partial charge on any atom is -0.281 e. The molecule has 1 aliphatic rings. The summed E-state index contributed by atoms with van der Waals surface area (Å²) in [6.45, 7) is 8.56. The van der Waals surface area contributed by atoms with Gasteiger partial charge in [-0.1, -0.05) is 38.3 Å². The van der Waals surface area contributed by atoms with E-state index in [0.717, 1.165) is 25.7 Å². The Morgan fingerprint density at radius 1 is 1.25 bits per heavy atom. The van der Waals surface area contributed by atoms with Crippen molar-refractivity contribution in [3.63, 3.8) is 0 Å². The number of halogens is 1. The Balaban J connectivity index is 2.89. The van der Waals surface area contributed by atoms with Crippen LogP contribution in [0.2, 0.25) is 0 Å². The lowest BCUT2D eigenvalue weighted by Gasteiger charge is -2.15. The van der Waals surface area contributed by atoms with Gasteiger partial charge in [0.1, 0.15) is 0 Å². The van der Waals surface area contributed by atoms with Crippen LogP contribution >= 0.6 is 11.6 Å². The fourth-order valence-electron chi connectivity index (χ4n) is 3.21. The molecule has 0 aromatic heterocycles. The Morgan fingerprint density at radius 2 is 1.75 bits per heavy atom. The van der Waals surface area contributed by atoms with Gasteiger partial charge < -0.3 is 0 Å². The second-order valence-electron chi connectivity index (χ2n) is 5.28. The third-order valence-corrected chi connectivity index (χ3v) is 3.96. The lowest BCUT2D eigenvalue weighted by Crippen LogP contribution is -2.07. The maximum atomic E-state index is 11.5. The second kappa shape index (κ2) is 5.35. The number of carbonyl (C=O) groups excluding carboxylic acids is 1. The highest BCUT2D eigenvalue weighted by Gasteiger charge is 2.64. The van der Waals surface area contributed by atoms with Crippen molar-refractivity contribution < 1.29 is 4.79 Å². The first-order chi connectivity index (χ1) is 7.49. The molecule has 1 fully saturated rings. The van der Waals surface area contributed by atoms with Crippen LogP contribution in [0.1, 0.15) is 53.4 Å². The lowest BCUT2D eigenvalue weighted by atomic mass is 9.90. The van der Waals surface area contributed by atoms with Crippen molar-refractivity contribution >= 4 is 16.8 Å². The average Bonchev–Trinajstić information content (AvgIpc) is 2.73. The third kappa shape index (κ3) is 2.51. The first kappa shape index (κ1) is 13.8. The van der Waals surface area contributed by atoms with Crippen LogP contribution in [0.3, 0.4) is 0 Å². The van der Waals surface area contributed by atoms with Crippen molar-refractivity contribution in [2.45, 2.75) is 53.4 Å². The van der Waals surface area contributed by atoms with Crippen LogP contribution in [-0.4, -0.2) is 5.24 Å². The Morgan fingerprint density at radius 3 is 2.06 bits per heavy atom. The monoisotopic (exact) mass is 242 g/mol. The molecule has 1 rings (SSSR count). The van der Waals surface area contributed by atoms with E-state index >= 15 is 0 Å². The van der Waals surface area contributed by atoms with E-state index in [2.05, 4.69) is 33.8 Å². The molecule has 2 heteroatoms. The summed E-state index contributed by atoms with van der Waals surface area (Å²) in [7, 11) is 0. The van der Waals surface area contributed by atoms with Gasteiger partial charge in [-0.05, 0) is 49.6 Å². The van der Waals surface area contributed by atoms with Gasteiger partial charge in [-0.15, -0.1) is 0 Å². The molecule has 2 atom stereocenters. The van der Waals surface area contributed by atoms with Crippen LogP contribution in [0, 0.1) is 17.3 Å². The molecule has 92 valence electrons. The molecular formula is C14H23ClO. The second-order valence-corrected chi connectivity index (χ2v) is 5.66. The van der Waals surface area contributed by atoms with Crippen molar-refractivity contribution in [3.8, 4) is 0 Å². The smallest absolute Gasteiger partial charge is 0.225 e. The highest BCUT2D eigenvalue weighted by atomic mass is 35.5. The standard InChI is InChI=1S/C14H23ClO/c1-5-7-14(8-6-2)11(9-10(3)4)12(14)13(15)16/h9,11-12H,5-8H2,1-4H3. The van der Waals surface area contributed by atoms with Crippen LogP contribution < -0.4 is 0 Å². The molecule has 0 bridgehead atoms. The normalized spacial score (nSPS) is 26.3. The molecular weight excluding hydrogens is 220 g/mol. The summed E-state index contributed by atoms with van der Waals surface area (Å²) in [6, 6.07) is 0. The molecule has 1 nitrogen and oxygen atoms in total. The summed E-state index contributed by atoms with van der Waals surface area (Å²) in [6.07, 6.45) is 6.76. The van der Waals surface area contributed by atoms with Gasteiger partial charge in [0.05, 0.1) is 0 Å². The summed E-state index contributed by atoms with van der Waals surface area (Å²) in [5.41, 5.74) is 1.47. The van der Waals surface area contributed by atoms with E-state index in [1.165, 1.54) is 5.57 Å². The van der Waals surface area contributed by atoms with Crippen LogP contribution in [0.5, 0.6) is 0 Å². The van der Waals surface area contributed by atoms with Crippen molar-refractivity contribution in [1.82, 2.24) is 0 Å². The first-order valence-corrected chi connectivity index (χ1v) is 6.71. The van der Waals surface area contributed by atoms with Gasteiger partial charge >= 0.3 is 0 Å². The fraction of sp³-hybridized carbons (Fsp3) is 0.786. The molecule has 0 N–H and O–H groups in total. The average molecular weight is 243 g/mol. The number of allylic oxidation sites excluding steroid dienone is 2. The van der Waals surface area contributed by atoms with Crippen LogP contribution in [0.4, 0.5) is 0 Å². The number of carbonyl (C=O) groups is 1. The highest BCUT2D eigenvalue weighted by Crippen LogP contribution is 2.66. The first-order valence-electron chi connectivity index (χ1n) is 6.34. The molecule has 1 aliphatic carbocycles. The molecule has 0 saturated heterocycles. The zero-order valence-corrected chi connectivity index (χ0v) is 11.6. The Labute approximate surface area is 104 Å². The summed E-state index contributed by atoms with van der Waals surface area (Å²) in [5.74, 6) is 0.464. The van der Waals surface area contributed by atoms with E-state index in [1.807, 2.05) is 0 Å². The minimum atomic E-state index is -0.135. The maximum absolute atomic E-state index is 11.5. The van der Waals surface area contributed by atoms with E-state index in [1.54, 1.807) is 0 Å². The summed E-state index contributed by atoms with van der Waals surface area (Å²) >= 11 is 5.74. The topological polar surface area (TPSA) is 17.1 Å². The van der Waals surface area contributed by atoms with E-state index in [-0.39, 0.29) is 16.6 Å². The van der Waals surface area contributed by atoms with Gasteiger partial charge in [-0.2, -0.15) is 0 Å². The van der Waals surface area contributed by atoms with Crippen LogP contribution in [0.15, 0.2) is 11.6 Å². The fourth-order valence-corrected chi connectivity index (χ4v) is 3.57. The minimum absolute atomic E-state index is 0.0731. The Bertz CT molecular complexity index is 283. The highest BCUT2D eigenvalue weighted by molar-refractivity contribution is 6.64. The maximum Gasteiger partial charge on any atom is 0.225 e. The van der Waals surface area contributed by atoms with E-state index in [4.69, 9.17) is 11.6 Å². The van der Waals surface area contributed by atoms with Gasteiger partial charge in [0.25, 0.3) is 0 Å². The number of rotatable bonds is 6. The molecule has 0 heterocycles. The largest absolute Gasteiger partial charge is 0.281 e. The third-order valence-electron chi connectivity index (χ3n) is 3.72. The lowest BCUT2D eigenvalue weighted by molar-refractivity contribution is -0.113. The summed E-state index contributed by atoms with van der Waals surface area (Å²) < 4.78 is 0. The molecule has 0 aromatic carbocycles. The van der Waals surface area contributed by atoms with Crippen molar-refractivity contribution in [1.29, 1.82) is 0 Å². The van der Waals surface area contributed by atoms with Crippen LogP contribution in [-0.2, 0) is 4.79 Å². The van der Waals surface area contributed by atoms with Crippen molar-refractivity contribution in [3.05, 3.63) is 11.6 Å². The van der Waals surface area contributed by atoms with Gasteiger partial charge in [0, 0.05) is 5.92 Å². The quantitative estimate of drug-likeness (QED) is 0.493. The zero-order chi connectivity index (χ0) is 12.3. The zero-order valence-electron chi connectivity index (χ0n) is 10.8. The summed E-state index contributed by atoms with van der Waals surface area (Å²) in [4.78, 5) is 11.5. The number of hydrogen-bond donors (Lipinski definition) is 0. The SMILES string of the molecule is CCCC1(CCC)C(C=C(C)C)C1C(=O)Cl. The molecule has 0 amide bonds. The molecule has 16 heavy (non-hydrogen) atoms. The Hall–Kier alpha value is -0.300. The number of hydrogen-bond acceptors (Lipinski definition) is 1. The predicted molar refractivity (Wildman–Crippen MR) is 69.5 cm³/mol. The van der Waals surface area contributed by atoms with Gasteiger partial charge in [0.2, 0.25) is 5.24 Å². The van der Waals surface area contributed by atoms with E-state index in [0.29, 0.717) is 5.92 Å². The molecule has 0 radical (unpaired) electrons.